The molecule has 1 fully saturated rings. The Morgan fingerprint density at radius 2 is 1.98 bits per heavy atom. The number of ether oxygens (including phenoxy) is 1. The number of hydrogen-bond acceptors (Lipinski definition) is 14. The SMILES string of the molecule is CC1(C)[C@H](CC(=O)/C(=N\OC(COc2ccc3c(c2)CN(C(N)=NCCCN)C3)C(=O)O)c2csc(N)n2)C(=O)N1OS(=O)(=O)O. The van der Waals surface area contributed by atoms with Gasteiger partial charge in [-0.05, 0) is 50.1 Å². The minimum atomic E-state index is -4.99. The van der Waals surface area contributed by atoms with Gasteiger partial charge in [-0.25, -0.2) is 9.78 Å². The van der Waals surface area contributed by atoms with Crippen LogP contribution in [0.5, 0.6) is 5.75 Å². The molecule has 2 aliphatic rings. The van der Waals surface area contributed by atoms with Crippen LogP contribution in [0, 0.1) is 5.92 Å². The van der Waals surface area contributed by atoms with Gasteiger partial charge in [0, 0.05) is 31.4 Å². The number of fused-ring (bicyclic) bond motifs is 1. The van der Waals surface area contributed by atoms with Gasteiger partial charge in [0.2, 0.25) is 0 Å². The third-order valence-corrected chi connectivity index (χ3v) is 8.28. The summed E-state index contributed by atoms with van der Waals surface area (Å²) in [7, 11) is -4.99. The van der Waals surface area contributed by atoms with E-state index in [1.54, 1.807) is 12.1 Å². The summed E-state index contributed by atoms with van der Waals surface area (Å²) in [6.07, 6.45) is -1.44. The van der Waals surface area contributed by atoms with E-state index in [1.165, 1.54) is 19.2 Å². The van der Waals surface area contributed by atoms with Gasteiger partial charge in [0.1, 0.15) is 18.1 Å². The second kappa shape index (κ2) is 14.0. The molecule has 0 aliphatic carbocycles. The number of β-lactam (4-membered cyclic amide) rings is 1. The first-order valence-corrected chi connectivity index (χ1v) is 16.1. The number of Topliss-reactive ketones (excluding diaryl/α,β-unsaturated/α-hetero) is 1. The molecule has 250 valence electrons. The summed E-state index contributed by atoms with van der Waals surface area (Å²) < 4.78 is 41.2. The Bertz CT molecular complexity index is 1660. The fourth-order valence-electron chi connectivity index (χ4n) is 4.73. The van der Waals surface area contributed by atoms with Crippen LogP contribution in [-0.2, 0) is 47.0 Å². The van der Waals surface area contributed by atoms with E-state index in [4.69, 9.17) is 31.3 Å². The number of aromatic nitrogens is 1. The van der Waals surface area contributed by atoms with E-state index in [1.807, 2.05) is 11.0 Å². The van der Waals surface area contributed by atoms with Crippen molar-refractivity contribution < 1.29 is 46.3 Å². The Balaban J connectivity index is 1.44. The molecule has 18 nitrogen and oxygen atoms in total. The maximum absolute atomic E-state index is 13.3. The van der Waals surface area contributed by atoms with E-state index in [2.05, 4.69) is 19.4 Å². The van der Waals surface area contributed by atoms with Gasteiger partial charge < -0.3 is 36.8 Å². The van der Waals surface area contributed by atoms with Gasteiger partial charge in [0.05, 0.1) is 11.5 Å². The van der Waals surface area contributed by atoms with Gasteiger partial charge >= 0.3 is 16.4 Å². The molecule has 1 saturated heterocycles. The highest BCUT2D eigenvalue weighted by Gasteiger charge is 2.57. The Morgan fingerprint density at radius 1 is 1.26 bits per heavy atom. The zero-order valence-corrected chi connectivity index (χ0v) is 26.5. The summed E-state index contributed by atoms with van der Waals surface area (Å²) in [5, 5.41) is 15.5. The van der Waals surface area contributed by atoms with Crippen LogP contribution in [0.3, 0.4) is 0 Å². The van der Waals surface area contributed by atoms with E-state index in [0.29, 0.717) is 43.0 Å². The van der Waals surface area contributed by atoms with Gasteiger partial charge in [-0.3, -0.25) is 19.1 Å². The zero-order chi connectivity index (χ0) is 33.8. The van der Waals surface area contributed by atoms with Gasteiger partial charge in [0.25, 0.3) is 12.0 Å². The average Bonchev–Trinajstić information content (AvgIpc) is 3.61. The number of aliphatic carboxylic acids is 1. The van der Waals surface area contributed by atoms with Crippen molar-refractivity contribution in [2.75, 3.05) is 25.4 Å². The molecule has 2 aliphatic heterocycles. The van der Waals surface area contributed by atoms with Crippen LogP contribution in [0.25, 0.3) is 0 Å². The number of anilines is 1. The Morgan fingerprint density at radius 3 is 2.59 bits per heavy atom. The second-order valence-corrected chi connectivity index (χ2v) is 12.8. The van der Waals surface area contributed by atoms with Crippen LogP contribution in [0.1, 0.15) is 43.5 Å². The summed E-state index contributed by atoms with van der Waals surface area (Å²) in [6, 6.07) is 5.26. The van der Waals surface area contributed by atoms with Crippen LogP contribution < -0.4 is 21.9 Å². The molecule has 0 spiro atoms. The number of hydrogen-bond donors (Lipinski definition) is 5. The molecule has 0 radical (unpaired) electrons. The first-order valence-electron chi connectivity index (χ1n) is 13.8. The highest BCUT2D eigenvalue weighted by Crippen LogP contribution is 2.40. The monoisotopic (exact) mass is 682 g/mol. The molecule has 20 heteroatoms. The number of carboxylic acids is 1. The third kappa shape index (κ3) is 8.07. The van der Waals surface area contributed by atoms with Gasteiger partial charge in [-0.15, -0.1) is 15.6 Å². The molecule has 2 aromatic rings. The highest BCUT2D eigenvalue weighted by molar-refractivity contribution is 7.80. The maximum atomic E-state index is 13.3. The first-order chi connectivity index (χ1) is 21.6. The minimum absolute atomic E-state index is 0.0257. The Hall–Kier alpha value is -4.37. The second-order valence-electron chi connectivity index (χ2n) is 10.9. The Kier molecular flexibility index (Phi) is 10.5. The number of guanidine groups is 1. The molecule has 46 heavy (non-hydrogen) atoms. The predicted octanol–water partition coefficient (Wildman–Crippen LogP) is -0.112. The summed E-state index contributed by atoms with van der Waals surface area (Å²) in [5.41, 5.74) is 17.5. The van der Waals surface area contributed by atoms with Crippen LogP contribution in [-0.4, -0.2) is 93.7 Å². The quantitative estimate of drug-likeness (QED) is 0.0409. The van der Waals surface area contributed by atoms with E-state index in [0.717, 1.165) is 28.9 Å². The largest absolute Gasteiger partial charge is 0.489 e. The van der Waals surface area contributed by atoms with E-state index >= 15 is 0 Å². The molecule has 0 saturated carbocycles. The number of carboxylic acid groups (broad SMARTS) is 1. The number of benzene rings is 1. The van der Waals surface area contributed by atoms with Crippen LogP contribution in [0.2, 0.25) is 0 Å². The van der Waals surface area contributed by atoms with Gasteiger partial charge in [-0.1, -0.05) is 11.2 Å². The van der Waals surface area contributed by atoms with Crippen molar-refractivity contribution in [1.82, 2.24) is 14.9 Å². The first kappa shape index (κ1) is 34.5. The lowest BCUT2D eigenvalue weighted by Gasteiger charge is -2.50. The van der Waals surface area contributed by atoms with Crippen molar-refractivity contribution in [2.45, 2.75) is 51.4 Å². The number of rotatable bonds is 15. The van der Waals surface area contributed by atoms with Crippen LogP contribution in [0.15, 0.2) is 33.7 Å². The standard InChI is InChI=1S/C26H34N8O10S2/c1-26(2)17(22(36)34(26)44-46(39,40)41)9-19(35)21(18-13-45-25(29)31-18)32-43-20(23(37)38)12-42-16-5-4-14-10-33(11-15(14)8-16)24(28)30-7-3-6-27/h4-5,8,13,17,20H,3,6-7,9-12,27H2,1-2H3,(H2,28,30)(H2,29,31)(H,37,38)(H,39,40,41)/b32-21-/t17-,20?/m1/s1. The third-order valence-electron chi connectivity index (χ3n) is 7.27. The number of nitrogens with two attached hydrogens (primary N) is 3. The summed E-state index contributed by atoms with van der Waals surface area (Å²) in [5.74, 6) is -3.41. The van der Waals surface area contributed by atoms with Crippen molar-refractivity contribution in [3.05, 3.63) is 40.4 Å². The molecule has 1 unspecified atom stereocenters. The van der Waals surface area contributed by atoms with Crippen molar-refractivity contribution in [2.24, 2.45) is 27.5 Å². The maximum Gasteiger partial charge on any atom is 0.418 e. The molecular weight excluding hydrogens is 648 g/mol. The molecular formula is C26H34N8O10S2. The number of amides is 1. The molecule has 1 amide bonds. The molecule has 3 heterocycles. The number of hydroxylamine groups is 2. The fraction of sp³-hybridized carbons (Fsp3) is 0.462. The van der Waals surface area contributed by atoms with Crippen LogP contribution in [0.4, 0.5) is 5.13 Å². The normalized spacial score (nSPS) is 18.6. The number of ketones is 1. The van der Waals surface area contributed by atoms with Crippen molar-refractivity contribution >= 4 is 56.2 Å². The van der Waals surface area contributed by atoms with Crippen LogP contribution >= 0.6 is 11.3 Å². The number of carbonyl (C=O) groups excluding carboxylic acids is 2. The van der Waals surface area contributed by atoms with Gasteiger partial charge in [-0.2, -0.15) is 13.5 Å². The molecule has 2 atom stereocenters. The minimum Gasteiger partial charge on any atom is -0.489 e. The number of oxime groups is 1. The fourth-order valence-corrected chi connectivity index (χ4v) is 5.73. The highest BCUT2D eigenvalue weighted by atomic mass is 32.3. The molecule has 1 aromatic heterocycles. The molecule has 4 rings (SSSR count). The zero-order valence-electron chi connectivity index (χ0n) is 24.9. The number of thiazole rings is 1. The number of nitrogens with zero attached hydrogens (tertiary/aromatic N) is 5. The predicted molar refractivity (Wildman–Crippen MR) is 164 cm³/mol. The number of nitrogen functional groups attached to an aromatic ring is 1. The lowest BCUT2D eigenvalue weighted by Crippen LogP contribution is -2.68. The summed E-state index contributed by atoms with van der Waals surface area (Å²) >= 11 is 0.984. The topological polar surface area (TPSA) is 276 Å². The number of carbonyl (C=O) groups is 3. The summed E-state index contributed by atoms with van der Waals surface area (Å²) in [6.45, 7) is 4.43. The lowest BCUT2D eigenvalue weighted by molar-refractivity contribution is -0.228. The Labute approximate surface area is 267 Å². The molecule has 0 bridgehead atoms. The van der Waals surface area contributed by atoms with Crippen molar-refractivity contribution in [1.29, 1.82) is 0 Å². The van der Waals surface area contributed by atoms with Crippen molar-refractivity contribution in [3.63, 3.8) is 0 Å². The molecule has 1 aromatic carbocycles. The number of aliphatic imine (C=N–C) groups is 1. The average molecular weight is 683 g/mol. The lowest BCUT2D eigenvalue weighted by atomic mass is 9.74. The van der Waals surface area contributed by atoms with E-state index in [-0.39, 0.29) is 10.8 Å². The van der Waals surface area contributed by atoms with Gasteiger partial charge in [0.15, 0.2) is 22.6 Å². The van der Waals surface area contributed by atoms with Crippen molar-refractivity contribution in [3.8, 4) is 5.75 Å². The van der Waals surface area contributed by atoms with E-state index in [9.17, 15) is 27.9 Å². The smallest absolute Gasteiger partial charge is 0.418 e. The molecule has 8 N–H and O–H groups in total. The van der Waals surface area contributed by atoms with E-state index < -0.39 is 64.4 Å². The summed E-state index contributed by atoms with van der Waals surface area (Å²) in [4.78, 5) is 53.4.